The lowest BCUT2D eigenvalue weighted by molar-refractivity contribution is 0.0933. The van der Waals surface area contributed by atoms with Crippen molar-refractivity contribution in [2.24, 2.45) is 11.7 Å². The van der Waals surface area contributed by atoms with Crippen molar-refractivity contribution < 1.29 is 4.79 Å². The smallest absolute Gasteiger partial charge is 0.251 e. The molecule has 3 N–H and O–H groups in total. The summed E-state index contributed by atoms with van der Waals surface area (Å²) in [5.74, 6) is 0.512. The zero-order valence-corrected chi connectivity index (χ0v) is 11.9. The lowest BCUT2D eigenvalue weighted by atomic mass is 10.1. The minimum atomic E-state index is -0.0542. The second kappa shape index (κ2) is 6.41. The summed E-state index contributed by atoms with van der Waals surface area (Å²) in [5.41, 5.74) is 7.23. The van der Waals surface area contributed by atoms with Crippen LogP contribution in [0.25, 0.3) is 0 Å². The molecule has 1 atom stereocenters. The maximum absolute atomic E-state index is 12.1. The zero-order chi connectivity index (χ0) is 12.4. The maximum atomic E-state index is 12.1. The molecule has 0 radical (unpaired) electrons. The first kappa shape index (κ1) is 15.3. The molecule has 100 valence electrons. The highest BCUT2D eigenvalue weighted by atomic mass is 35.5. The number of carbonyl (C=O) groups is 1. The Labute approximate surface area is 118 Å². The Hall–Kier alpha value is -0.770. The van der Waals surface area contributed by atoms with E-state index in [0.717, 1.165) is 5.56 Å². The van der Waals surface area contributed by atoms with E-state index in [1.54, 1.807) is 18.2 Å². The van der Waals surface area contributed by atoms with Crippen LogP contribution in [0.2, 0.25) is 5.02 Å². The Morgan fingerprint density at radius 3 is 2.72 bits per heavy atom. The summed E-state index contributed by atoms with van der Waals surface area (Å²) < 4.78 is 0. The molecule has 1 saturated carbocycles. The fourth-order valence-electron chi connectivity index (χ4n) is 2.00. The van der Waals surface area contributed by atoms with E-state index in [2.05, 4.69) is 5.32 Å². The molecule has 1 amide bonds. The van der Waals surface area contributed by atoms with Crippen molar-refractivity contribution in [3.63, 3.8) is 0 Å². The Kier molecular flexibility index (Phi) is 5.45. The normalized spacial score (nSPS) is 15.7. The number of nitrogens with one attached hydrogen (secondary N) is 1. The van der Waals surface area contributed by atoms with Gasteiger partial charge in [-0.15, -0.1) is 12.4 Å². The van der Waals surface area contributed by atoms with Gasteiger partial charge in [0.2, 0.25) is 0 Å². The second-order valence-electron chi connectivity index (χ2n) is 4.61. The number of halogens is 2. The van der Waals surface area contributed by atoms with Crippen molar-refractivity contribution in [1.29, 1.82) is 0 Å². The first-order chi connectivity index (χ1) is 8.11. The Balaban J connectivity index is 0.00000162. The number of benzene rings is 1. The summed E-state index contributed by atoms with van der Waals surface area (Å²) >= 11 is 5.86. The molecule has 1 unspecified atom stereocenters. The average molecular weight is 289 g/mol. The molecule has 0 aliphatic heterocycles. The molecule has 0 aromatic heterocycles. The molecule has 1 aliphatic carbocycles. The van der Waals surface area contributed by atoms with E-state index in [0.29, 0.717) is 23.0 Å². The Bertz CT molecular complexity index is 433. The summed E-state index contributed by atoms with van der Waals surface area (Å²) in [7, 11) is 0. The van der Waals surface area contributed by atoms with E-state index < -0.39 is 0 Å². The third-order valence-corrected chi connectivity index (χ3v) is 3.43. The van der Waals surface area contributed by atoms with Crippen LogP contribution >= 0.6 is 24.0 Å². The van der Waals surface area contributed by atoms with Crippen LogP contribution in [0.3, 0.4) is 0 Å². The number of rotatable bonds is 4. The third-order valence-electron chi connectivity index (χ3n) is 3.19. The highest BCUT2D eigenvalue weighted by Gasteiger charge is 2.31. The molecule has 1 aromatic rings. The molecular weight excluding hydrogens is 271 g/mol. The first-order valence-corrected chi connectivity index (χ1v) is 6.26. The fourth-order valence-corrected chi connectivity index (χ4v) is 2.22. The van der Waals surface area contributed by atoms with Crippen molar-refractivity contribution in [3.05, 3.63) is 34.3 Å². The number of hydrogen-bond acceptors (Lipinski definition) is 2. The summed E-state index contributed by atoms with van der Waals surface area (Å²) in [6.45, 7) is 2.39. The molecular formula is C13H18Cl2N2O. The molecule has 3 nitrogen and oxygen atoms in total. The summed E-state index contributed by atoms with van der Waals surface area (Å²) in [4.78, 5) is 12.1. The molecule has 2 rings (SSSR count). The quantitative estimate of drug-likeness (QED) is 0.895. The zero-order valence-electron chi connectivity index (χ0n) is 10.3. The summed E-state index contributed by atoms with van der Waals surface area (Å²) in [6.07, 6.45) is 2.34. The van der Waals surface area contributed by atoms with Crippen LogP contribution in [-0.2, 0) is 0 Å². The van der Waals surface area contributed by atoms with Gasteiger partial charge in [-0.1, -0.05) is 11.6 Å². The van der Waals surface area contributed by atoms with Gasteiger partial charge in [-0.3, -0.25) is 4.79 Å². The predicted molar refractivity (Wildman–Crippen MR) is 76.5 cm³/mol. The molecule has 1 fully saturated rings. The third kappa shape index (κ3) is 3.61. The van der Waals surface area contributed by atoms with Crippen molar-refractivity contribution in [1.82, 2.24) is 5.32 Å². The highest BCUT2D eigenvalue weighted by molar-refractivity contribution is 6.30. The molecule has 5 heteroatoms. The molecule has 1 aliphatic rings. The number of carbonyl (C=O) groups excluding carboxylic acids is 1. The molecule has 1 aromatic carbocycles. The van der Waals surface area contributed by atoms with Gasteiger partial charge in [0.1, 0.15) is 0 Å². The molecule has 18 heavy (non-hydrogen) atoms. The van der Waals surface area contributed by atoms with Gasteiger partial charge in [0.15, 0.2) is 0 Å². The minimum Gasteiger partial charge on any atom is -0.348 e. The summed E-state index contributed by atoms with van der Waals surface area (Å²) in [5, 5.41) is 3.65. The van der Waals surface area contributed by atoms with Crippen LogP contribution in [0, 0.1) is 12.8 Å². The number of amides is 1. The second-order valence-corrected chi connectivity index (χ2v) is 5.05. The lowest BCUT2D eigenvalue weighted by Crippen LogP contribution is -2.41. The van der Waals surface area contributed by atoms with E-state index in [9.17, 15) is 4.79 Å². The van der Waals surface area contributed by atoms with Crippen LogP contribution < -0.4 is 11.1 Å². The van der Waals surface area contributed by atoms with Crippen LogP contribution in [-0.4, -0.2) is 18.5 Å². The van der Waals surface area contributed by atoms with E-state index in [1.165, 1.54) is 12.8 Å². The van der Waals surface area contributed by atoms with Gasteiger partial charge in [0, 0.05) is 23.2 Å². The van der Waals surface area contributed by atoms with Crippen LogP contribution in [0.1, 0.15) is 28.8 Å². The number of hydrogen-bond donors (Lipinski definition) is 2. The average Bonchev–Trinajstić information content (AvgIpc) is 3.09. The highest BCUT2D eigenvalue weighted by Crippen LogP contribution is 2.32. The van der Waals surface area contributed by atoms with E-state index in [4.69, 9.17) is 17.3 Å². The van der Waals surface area contributed by atoms with Gasteiger partial charge in [-0.05, 0) is 49.4 Å². The lowest BCUT2D eigenvalue weighted by Gasteiger charge is -2.16. The molecule has 0 spiro atoms. The van der Waals surface area contributed by atoms with Gasteiger partial charge in [0.05, 0.1) is 0 Å². The van der Waals surface area contributed by atoms with E-state index >= 15 is 0 Å². The maximum Gasteiger partial charge on any atom is 0.251 e. The molecule has 0 saturated heterocycles. The van der Waals surface area contributed by atoms with Crippen LogP contribution in [0.4, 0.5) is 0 Å². The predicted octanol–water partition coefficient (Wildman–Crippen LogP) is 2.54. The Morgan fingerprint density at radius 1 is 1.56 bits per heavy atom. The molecule has 0 heterocycles. The van der Waals surface area contributed by atoms with Crippen LogP contribution in [0.5, 0.6) is 0 Å². The van der Waals surface area contributed by atoms with E-state index in [-0.39, 0.29) is 24.4 Å². The number of nitrogens with two attached hydrogens (primary N) is 1. The minimum absolute atomic E-state index is 0. The van der Waals surface area contributed by atoms with Gasteiger partial charge < -0.3 is 11.1 Å². The first-order valence-electron chi connectivity index (χ1n) is 5.89. The number of aryl methyl sites for hydroxylation is 1. The van der Waals surface area contributed by atoms with Gasteiger partial charge in [0.25, 0.3) is 5.91 Å². The largest absolute Gasteiger partial charge is 0.348 e. The van der Waals surface area contributed by atoms with E-state index in [1.807, 2.05) is 6.92 Å². The van der Waals surface area contributed by atoms with Crippen molar-refractivity contribution in [2.45, 2.75) is 25.8 Å². The Morgan fingerprint density at radius 2 is 2.22 bits per heavy atom. The van der Waals surface area contributed by atoms with Crippen molar-refractivity contribution >= 4 is 29.9 Å². The summed E-state index contributed by atoms with van der Waals surface area (Å²) in [6, 6.07) is 5.40. The fraction of sp³-hybridized carbons (Fsp3) is 0.462. The van der Waals surface area contributed by atoms with Gasteiger partial charge in [-0.2, -0.15) is 0 Å². The van der Waals surface area contributed by atoms with Gasteiger partial charge in [-0.25, -0.2) is 0 Å². The van der Waals surface area contributed by atoms with Crippen molar-refractivity contribution in [3.8, 4) is 0 Å². The monoisotopic (exact) mass is 288 g/mol. The topological polar surface area (TPSA) is 55.1 Å². The van der Waals surface area contributed by atoms with Crippen LogP contribution in [0.15, 0.2) is 18.2 Å². The molecule has 0 bridgehead atoms. The SMILES string of the molecule is Cc1cc(Cl)ccc1C(=O)NC(CN)C1CC1.Cl. The van der Waals surface area contributed by atoms with Crippen molar-refractivity contribution in [2.75, 3.05) is 6.54 Å². The van der Waals surface area contributed by atoms with Gasteiger partial charge >= 0.3 is 0 Å². The standard InChI is InChI=1S/C13H17ClN2O.ClH/c1-8-6-10(14)4-5-11(8)13(17)16-12(7-15)9-2-3-9;/h4-6,9,12H,2-3,7,15H2,1H3,(H,16,17);1H.